The molecule has 0 bridgehead atoms. The van der Waals surface area contributed by atoms with Crippen LogP contribution in [0.15, 0.2) is 24.3 Å². The Morgan fingerprint density at radius 3 is 2.43 bits per heavy atom. The summed E-state index contributed by atoms with van der Waals surface area (Å²) in [7, 11) is 0. The maximum Gasteiger partial charge on any atom is 0.246 e. The summed E-state index contributed by atoms with van der Waals surface area (Å²) < 4.78 is 1.60. The lowest BCUT2D eigenvalue weighted by Gasteiger charge is -2.07. The summed E-state index contributed by atoms with van der Waals surface area (Å²) in [5.74, 6) is -0.146. The molecule has 0 saturated carbocycles. The van der Waals surface area contributed by atoms with Gasteiger partial charge in [0.1, 0.15) is 6.54 Å². The summed E-state index contributed by atoms with van der Waals surface area (Å²) in [5.41, 5.74) is 8.80. The molecule has 0 atom stereocenters. The number of aromatic nitrogens is 2. The van der Waals surface area contributed by atoms with E-state index in [9.17, 15) is 4.79 Å². The molecule has 0 aliphatic heterocycles. The molecule has 5 nitrogen and oxygen atoms in total. The van der Waals surface area contributed by atoms with Crippen LogP contribution in [0.5, 0.6) is 0 Å². The van der Waals surface area contributed by atoms with Crippen LogP contribution in [0.1, 0.15) is 17.0 Å². The molecule has 21 heavy (non-hydrogen) atoms. The molecule has 0 unspecified atom stereocenters. The Labute approximate surface area is 134 Å². The van der Waals surface area contributed by atoms with E-state index in [1.807, 2.05) is 38.1 Å². The summed E-state index contributed by atoms with van der Waals surface area (Å²) in [5, 5.41) is 7.64. The molecule has 2 aromatic rings. The van der Waals surface area contributed by atoms with Gasteiger partial charge in [-0.3, -0.25) is 9.48 Å². The van der Waals surface area contributed by atoms with Crippen LogP contribution in [0.4, 0.5) is 5.69 Å². The smallest absolute Gasteiger partial charge is 0.246 e. The third kappa shape index (κ3) is 4.20. The lowest BCUT2D eigenvalue weighted by Crippen LogP contribution is -2.20. The van der Waals surface area contributed by atoms with Gasteiger partial charge in [0.05, 0.1) is 16.4 Å². The van der Waals surface area contributed by atoms with Crippen LogP contribution in [0.3, 0.4) is 0 Å². The second-order valence-corrected chi connectivity index (χ2v) is 4.97. The van der Waals surface area contributed by atoms with E-state index in [0.717, 1.165) is 22.6 Å². The fourth-order valence-electron chi connectivity index (χ4n) is 1.89. The first-order chi connectivity index (χ1) is 9.51. The van der Waals surface area contributed by atoms with Crippen LogP contribution in [-0.4, -0.2) is 15.7 Å². The Balaban J connectivity index is 0.00000220. The summed E-state index contributed by atoms with van der Waals surface area (Å²) in [4.78, 5) is 12.0. The molecule has 0 fully saturated rings. The molecule has 1 amide bonds. The second kappa shape index (κ2) is 7.45. The summed E-state index contributed by atoms with van der Waals surface area (Å²) in [6.45, 7) is 4.28. The van der Waals surface area contributed by atoms with Gasteiger partial charge >= 0.3 is 0 Å². The number of benzene rings is 1. The van der Waals surface area contributed by atoms with Gasteiger partial charge < -0.3 is 11.1 Å². The van der Waals surface area contributed by atoms with E-state index >= 15 is 0 Å². The molecule has 2 rings (SSSR count). The minimum Gasteiger partial charge on any atom is -0.326 e. The summed E-state index contributed by atoms with van der Waals surface area (Å²) in [6.07, 6.45) is 0. The van der Waals surface area contributed by atoms with Crippen molar-refractivity contribution in [3.05, 3.63) is 46.2 Å². The molecular formula is C14H18Cl2N4O. The van der Waals surface area contributed by atoms with Crippen molar-refractivity contribution in [2.24, 2.45) is 5.73 Å². The maximum absolute atomic E-state index is 12.0. The first kappa shape index (κ1) is 17.5. The average molecular weight is 329 g/mol. The van der Waals surface area contributed by atoms with Gasteiger partial charge in [-0.1, -0.05) is 23.7 Å². The van der Waals surface area contributed by atoms with Crippen LogP contribution in [0.25, 0.3) is 0 Å². The van der Waals surface area contributed by atoms with Crippen molar-refractivity contribution in [2.75, 3.05) is 5.32 Å². The number of carbonyl (C=O) groups is 1. The Morgan fingerprint density at radius 2 is 1.95 bits per heavy atom. The molecule has 0 aliphatic carbocycles. The molecule has 114 valence electrons. The first-order valence-corrected chi connectivity index (χ1v) is 6.67. The number of aryl methyl sites for hydroxylation is 1. The Hall–Kier alpha value is -1.56. The van der Waals surface area contributed by atoms with Crippen molar-refractivity contribution in [1.29, 1.82) is 0 Å². The summed E-state index contributed by atoms with van der Waals surface area (Å²) in [6, 6.07) is 7.42. The van der Waals surface area contributed by atoms with Gasteiger partial charge in [0.2, 0.25) is 5.91 Å². The SMILES string of the molecule is Cc1nn(CC(=O)Nc2ccc(CN)cc2)c(C)c1Cl.Cl. The normalized spacial score (nSPS) is 10.1. The lowest BCUT2D eigenvalue weighted by atomic mass is 10.2. The highest BCUT2D eigenvalue weighted by atomic mass is 35.5. The molecule has 0 saturated heterocycles. The first-order valence-electron chi connectivity index (χ1n) is 6.29. The van der Waals surface area contributed by atoms with Gasteiger partial charge in [-0.05, 0) is 31.5 Å². The minimum atomic E-state index is -0.146. The quantitative estimate of drug-likeness (QED) is 0.906. The molecule has 1 aromatic carbocycles. The highest BCUT2D eigenvalue weighted by Gasteiger charge is 2.12. The van der Waals surface area contributed by atoms with E-state index < -0.39 is 0 Å². The van der Waals surface area contributed by atoms with Crippen LogP contribution in [-0.2, 0) is 17.9 Å². The van der Waals surface area contributed by atoms with Gasteiger partial charge in [-0.25, -0.2) is 0 Å². The predicted octanol–water partition coefficient (Wildman–Crippen LogP) is 2.67. The highest BCUT2D eigenvalue weighted by molar-refractivity contribution is 6.31. The van der Waals surface area contributed by atoms with Crippen molar-refractivity contribution < 1.29 is 4.79 Å². The molecule has 7 heteroatoms. The van der Waals surface area contributed by atoms with Gasteiger partial charge in [-0.2, -0.15) is 5.10 Å². The minimum absolute atomic E-state index is 0. The van der Waals surface area contributed by atoms with Crippen molar-refractivity contribution >= 4 is 35.6 Å². The predicted molar refractivity (Wildman–Crippen MR) is 86.9 cm³/mol. The molecule has 0 spiro atoms. The number of hydrogen-bond donors (Lipinski definition) is 2. The zero-order chi connectivity index (χ0) is 14.7. The van der Waals surface area contributed by atoms with Gasteiger partial charge in [-0.15, -0.1) is 12.4 Å². The molecule has 1 heterocycles. The van der Waals surface area contributed by atoms with E-state index in [2.05, 4.69) is 10.4 Å². The number of anilines is 1. The fraction of sp³-hybridized carbons (Fsp3) is 0.286. The standard InChI is InChI=1S/C14H17ClN4O.ClH/c1-9-14(15)10(2)19(18-9)8-13(20)17-12-5-3-11(7-16)4-6-12;/h3-6H,7-8,16H2,1-2H3,(H,17,20);1H. The van der Waals surface area contributed by atoms with Crippen molar-refractivity contribution in [1.82, 2.24) is 9.78 Å². The second-order valence-electron chi connectivity index (χ2n) is 4.59. The van der Waals surface area contributed by atoms with Crippen molar-refractivity contribution in [3.63, 3.8) is 0 Å². The van der Waals surface area contributed by atoms with E-state index in [1.54, 1.807) is 4.68 Å². The van der Waals surface area contributed by atoms with Gasteiger partial charge in [0.15, 0.2) is 0 Å². The highest BCUT2D eigenvalue weighted by Crippen LogP contribution is 2.18. The number of halogens is 2. The van der Waals surface area contributed by atoms with Crippen LogP contribution in [0.2, 0.25) is 5.02 Å². The molecule has 0 radical (unpaired) electrons. The van der Waals surface area contributed by atoms with Crippen molar-refractivity contribution in [3.8, 4) is 0 Å². The van der Waals surface area contributed by atoms with E-state index in [-0.39, 0.29) is 24.9 Å². The summed E-state index contributed by atoms with van der Waals surface area (Å²) >= 11 is 6.05. The van der Waals surface area contributed by atoms with Gasteiger partial charge in [0, 0.05) is 12.2 Å². The Bertz CT molecular complexity index is 623. The Morgan fingerprint density at radius 1 is 1.33 bits per heavy atom. The van der Waals surface area contributed by atoms with Crippen LogP contribution >= 0.6 is 24.0 Å². The molecule has 3 N–H and O–H groups in total. The number of hydrogen-bond acceptors (Lipinski definition) is 3. The topological polar surface area (TPSA) is 72.9 Å². The van der Waals surface area contributed by atoms with E-state index in [1.165, 1.54) is 0 Å². The number of nitrogens with one attached hydrogen (secondary N) is 1. The van der Waals surface area contributed by atoms with Gasteiger partial charge in [0.25, 0.3) is 0 Å². The van der Waals surface area contributed by atoms with Crippen LogP contribution in [0, 0.1) is 13.8 Å². The lowest BCUT2D eigenvalue weighted by molar-refractivity contribution is -0.116. The largest absolute Gasteiger partial charge is 0.326 e. The Kier molecular flexibility index (Phi) is 6.20. The number of carbonyl (C=O) groups excluding carboxylic acids is 1. The average Bonchev–Trinajstić information content (AvgIpc) is 2.67. The van der Waals surface area contributed by atoms with Crippen LogP contribution < -0.4 is 11.1 Å². The van der Waals surface area contributed by atoms with E-state index in [0.29, 0.717) is 11.6 Å². The fourth-order valence-corrected chi connectivity index (χ4v) is 2.03. The number of nitrogens with two attached hydrogens (primary N) is 1. The zero-order valence-corrected chi connectivity index (χ0v) is 13.5. The molecular weight excluding hydrogens is 311 g/mol. The zero-order valence-electron chi connectivity index (χ0n) is 11.9. The monoisotopic (exact) mass is 328 g/mol. The molecule has 1 aromatic heterocycles. The third-order valence-corrected chi connectivity index (χ3v) is 3.61. The molecule has 0 aliphatic rings. The van der Waals surface area contributed by atoms with Crippen molar-refractivity contribution in [2.45, 2.75) is 26.9 Å². The number of nitrogens with zero attached hydrogens (tertiary/aromatic N) is 2. The third-order valence-electron chi connectivity index (χ3n) is 3.06. The number of rotatable bonds is 4. The maximum atomic E-state index is 12.0. The number of amides is 1. The van der Waals surface area contributed by atoms with E-state index in [4.69, 9.17) is 17.3 Å².